The Kier molecular flexibility index (Phi) is 43.8. The highest BCUT2D eigenvalue weighted by Crippen LogP contribution is 2.16. The fourth-order valence-corrected chi connectivity index (χ4v) is 6.83. The first-order valence-corrected chi connectivity index (χ1v) is 24.3. The smallest absolute Gasteiger partial charge is 0.306 e. The van der Waals surface area contributed by atoms with Gasteiger partial charge in [0.1, 0.15) is 6.10 Å². The lowest BCUT2D eigenvalue weighted by atomic mass is 10.0. The number of amides is 1. The van der Waals surface area contributed by atoms with Gasteiger partial charge in [0.15, 0.2) is 0 Å². The summed E-state index contributed by atoms with van der Waals surface area (Å²) in [5.74, 6) is -0.584. The van der Waals surface area contributed by atoms with E-state index in [1.807, 2.05) is 12.2 Å². The van der Waals surface area contributed by atoms with E-state index < -0.39 is 18.2 Å². The fourth-order valence-electron chi connectivity index (χ4n) is 6.83. The quantitative estimate of drug-likeness (QED) is 0.0247. The highest BCUT2D eigenvalue weighted by molar-refractivity contribution is 5.77. The lowest BCUT2D eigenvalue weighted by Crippen LogP contribution is -2.46. The molecule has 6 nitrogen and oxygen atoms in total. The number of rotatable bonds is 42. The zero-order valence-corrected chi connectivity index (χ0v) is 38.4. The molecular formula is C53H91NO5. The Bertz CT molecular complexity index is 1150. The topological polar surface area (TPSA) is 95.9 Å². The number of aliphatic hydroxyl groups is 2. The van der Waals surface area contributed by atoms with Crippen molar-refractivity contribution >= 4 is 11.9 Å². The van der Waals surface area contributed by atoms with Gasteiger partial charge < -0.3 is 20.3 Å². The van der Waals surface area contributed by atoms with Crippen molar-refractivity contribution in [1.82, 2.24) is 5.32 Å². The van der Waals surface area contributed by atoms with E-state index in [1.54, 1.807) is 0 Å². The molecule has 0 heterocycles. The van der Waals surface area contributed by atoms with Crippen molar-refractivity contribution < 1.29 is 24.5 Å². The van der Waals surface area contributed by atoms with Crippen LogP contribution in [0, 0.1) is 0 Å². The standard InChI is InChI=1S/C53H91NO5/c1-4-7-10-13-16-19-22-24-25-26-27-28-31-34-37-40-43-46-53(58)59-49(44-41-38-35-32-29-21-18-15-12-9-6-3)47-52(57)54-50(48-55)51(56)45-42-39-36-33-30-23-20-17-14-11-8-5-2/h9,12,15-16,18-19,21,24-25,27-29,34,37,49-51,55-56H,4-8,10-11,13-14,17,20,22-23,26,30-33,35-36,38-48H2,1-3H3,(H,54,57)/b12-9+,18-15+,19-16-,25-24-,28-27-,29-21-,37-34-. The number of hydrogen-bond acceptors (Lipinski definition) is 5. The molecule has 338 valence electrons. The maximum Gasteiger partial charge on any atom is 0.306 e. The van der Waals surface area contributed by atoms with Crippen molar-refractivity contribution in [1.29, 1.82) is 0 Å². The van der Waals surface area contributed by atoms with Crippen LogP contribution in [-0.2, 0) is 14.3 Å². The number of carbonyl (C=O) groups is 2. The predicted octanol–water partition coefficient (Wildman–Crippen LogP) is 14.4. The number of nitrogens with one attached hydrogen (secondary N) is 1. The van der Waals surface area contributed by atoms with E-state index in [4.69, 9.17) is 4.74 Å². The second kappa shape index (κ2) is 46.1. The van der Waals surface area contributed by atoms with Gasteiger partial charge >= 0.3 is 5.97 Å². The van der Waals surface area contributed by atoms with Crippen LogP contribution < -0.4 is 5.32 Å². The third-order valence-corrected chi connectivity index (χ3v) is 10.5. The lowest BCUT2D eigenvalue weighted by molar-refractivity contribution is -0.151. The molecule has 0 rings (SSSR count). The number of unbranched alkanes of at least 4 members (excludes halogenated alkanes) is 18. The number of ether oxygens (including phenoxy) is 1. The minimum Gasteiger partial charge on any atom is -0.462 e. The zero-order valence-electron chi connectivity index (χ0n) is 38.4. The second-order valence-corrected chi connectivity index (χ2v) is 16.2. The van der Waals surface area contributed by atoms with E-state index in [0.29, 0.717) is 25.7 Å². The molecule has 0 aliphatic rings. The number of aliphatic hydroxyl groups excluding tert-OH is 2. The van der Waals surface area contributed by atoms with E-state index in [0.717, 1.165) is 77.0 Å². The Morgan fingerprint density at radius 1 is 0.525 bits per heavy atom. The van der Waals surface area contributed by atoms with Gasteiger partial charge in [-0.25, -0.2) is 0 Å². The van der Waals surface area contributed by atoms with Gasteiger partial charge in [0.05, 0.1) is 25.2 Å². The molecule has 6 heteroatoms. The molecule has 0 bridgehead atoms. The Morgan fingerprint density at radius 2 is 0.983 bits per heavy atom. The van der Waals surface area contributed by atoms with Gasteiger partial charge in [-0.2, -0.15) is 0 Å². The van der Waals surface area contributed by atoms with Gasteiger partial charge in [0.25, 0.3) is 0 Å². The van der Waals surface area contributed by atoms with E-state index in [2.05, 4.69) is 99.0 Å². The van der Waals surface area contributed by atoms with E-state index in [1.165, 1.54) is 83.5 Å². The van der Waals surface area contributed by atoms with Crippen LogP contribution in [-0.4, -0.2) is 46.9 Å². The molecule has 3 N–H and O–H groups in total. The summed E-state index contributed by atoms with van der Waals surface area (Å²) in [5, 5.41) is 23.7. The molecular weight excluding hydrogens is 731 g/mol. The Morgan fingerprint density at radius 3 is 1.56 bits per heavy atom. The van der Waals surface area contributed by atoms with Crippen LogP contribution >= 0.6 is 0 Å². The molecule has 0 aliphatic heterocycles. The Hall–Kier alpha value is -2.96. The van der Waals surface area contributed by atoms with Gasteiger partial charge in [-0.3, -0.25) is 9.59 Å². The second-order valence-electron chi connectivity index (χ2n) is 16.2. The van der Waals surface area contributed by atoms with Crippen LogP contribution in [0.1, 0.15) is 213 Å². The Balaban J connectivity index is 4.69. The molecule has 3 atom stereocenters. The molecule has 59 heavy (non-hydrogen) atoms. The van der Waals surface area contributed by atoms with Crippen LogP contribution in [0.25, 0.3) is 0 Å². The number of hydrogen-bond donors (Lipinski definition) is 3. The van der Waals surface area contributed by atoms with Crippen LogP contribution in [0.5, 0.6) is 0 Å². The van der Waals surface area contributed by atoms with Gasteiger partial charge in [-0.1, -0.05) is 202 Å². The summed E-state index contributed by atoms with van der Waals surface area (Å²) < 4.78 is 5.87. The van der Waals surface area contributed by atoms with Gasteiger partial charge in [0.2, 0.25) is 5.91 Å². The van der Waals surface area contributed by atoms with Crippen LogP contribution in [0.4, 0.5) is 0 Å². The first kappa shape index (κ1) is 56.0. The molecule has 0 fully saturated rings. The van der Waals surface area contributed by atoms with Crippen molar-refractivity contribution in [3.63, 3.8) is 0 Å². The van der Waals surface area contributed by atoms with Gasteiger partial charge in [-0.05, 0) is 83.5 Å². The summed E-state index contributed by atoms with van der Waals surface area (Å²) in [4.78, 5) is 26.0. The summed E-state index contributed by atoms with van der Waals surface area (Å²) in [6.45, 7) is 6.28. The summed E-state index contributed by atoms with van der Waals surface area (Å²) in [6, 6.07) is -0.727. The molecule has 0 aromatic carbocycles. The zero-order chi connectivity index (χ0) is 43.1. The molecule has 0 spiro atoms. The van der Waals surface area contributed by atoms with Crippen LogP contribution in [0.3, 0.4) is 0 Å². The molecule has 0 aromatic heterocycles. The molecule has 0 saturated carbocycles. The summed E-state index contributed by atoms with van der Waals surface area (Å²) in [5.41, 5.74) is 0. The van der Waals surface area contributed by atoms with Gasteiger partial charge in [0, 0.05) is 6.42 Å². The molecule has 1 amide bonds. The largest absolute Gasteiger partial charge is 0.462 e. The lowest BCUT2D eigenvalue weighted by Gasteiger charge is -2.24. The molecule has 3 unspecified atom stereocenters. The number of esters is 1. The van der Waals surface area contributed by atoms with Gasteiger partial charge in [-0.15, -0.1) is 0 Å². The minimum atomic E-state index is -0.809. The van der Waals surface area contributed by atoms with Crippen molar-refractivity contribution in [2.24, 2.45) is 0 Å². The predicted molar refractivity (Wildman–Crippen MR) is 254 cm³/mol. The molecule has 0 saturated heterocycles. The SMILES string of the molecule is CC/C=C/C=C/C=C\CCCCCC(CC(=O)NC(CO)C(O)CCCCCCCCCCCCCC)OC(=O)CCC/C=C\C/C=C\C/C=C\C/C=C\CCCCC. The fraction of sp³-hybridized carbons (Fsp3) is 0.698. The maximum absolute atomic E-state index is 13.1. The van der Waals surface area contributed by atoms with E-state index in [-0.39, 0.29) is 24.9 Å². The van der Waals surface area contributed by atoms with E-state index >= 15 is 0 Å². The molecule has 0 aliphatic carbocycles. The van der Waals surface area contributed by atoms with Crippen LogP contribution in [0.15, 0.2) is 85.1 Å². The van der Waals surface area contributed by atoms with Crippen molar-refractivity contribution in [3.05, 3.63) is 85.1 Å². The maximum atomic E-state index is 13.1. The van der Waals surface area contributed by atoms with Crippen molar-refractivity contribution in [3.8, 4) is 0 Å². The summed E-state index contributed by atoms with van der Waals surface area (Å²) in [6.07, 6.45) is 59.3. The summed E-state index contributed by atoms with van der Waals surface area (Å²) in [7, 11) is 0. The highest BCUT2D eigenvalue weighted by Gasteiger charge is 2.24. The van der Waals surface area contributed by atoms with E-state index in [9.17, 15) is 19.8 Å². The van der Waals surface area contributed by atoms with Crippen molar-refractivity contribution in [2.75, 3.05) is 6.61 Å². The molecule has 0 aromatic rings. The minimum absolute atomic E-state index is 0.0285. The average molecular weight is 822 g/mol. The number of allylic oxidation sites excluding steroid dienone is 14. The third-order valence-electron chi connectivity index (χ3n) is 10.5. The first-order chi connectivity index (χ1) is 29.0. The van der Waals surface area contributed by atoms with Crippen molar-refractivity contribution in [2.45, 2.75) is 232 Å². The highest BCUT2D eigenvalue weighted by atomic mass is 16.5. The molecule has 0 radical (unpaired) electrons. The third kappa shape index (κ3) is 41.6. The average Bonchev–Trinajstić information content (AvgIpc) is 3.23. The monoisotopic (exact) mass is 822 g/mol. The first-order valence-electron chi connectivity index (χ1n) is 24.3. The Labute approximate surface area is 363 Å². The summed E-state index contributed by atoms with van der Waals surface area (Å²) >= 11 is 0. The van der Waals surface area contributed by atoms with Crippen LogP contribution in [0.2, 0.25) is 0 Å². The normalized spacial score (nSPS) is 14.1. The number of carbonyl (C=O) groups excluding carboxylic acids is 2.